The molecule has 0 aromatic heterocycles. The first-order valence-corrected chi connectivity index (χ1v) is 9.16. The van der Waals surface area contributed by atoms with Gasteiger partial charge in [-0.2, -0.15) is 0 Å². The van der Waals surface area contributed by atoms with Gasteiger partial charge in [-0.15, -0.1) is 0 Å². The average Bonchev–Trinajstić information content (AvgIpc) is 2.60. The molecule has 130 valence electrons. The third-order valence-corrected chi connectivity index (χ3v) is 3.52. The van der Waals surface area contributed by atoms with Crippen molar-refractivity contribution >= 4 is 6.29 Å². The number of carbonyl (C=O) groups is 1. The Morgan fingerprint density at radius 2 is 1.23 bits per heavy atom. The topological polar surface area (TPSA) is 17.1 Å². The fraction of sp³-hybridized carbons (Fsp3) is 0.667. The second-order valence-corrected chi connectivity index (χ2v) is 4.74. The van der Waals surface area contributed by atoms with Crippen LogP contribution >= 0.6 is 0 Å². The molecule has 0 aliphatic heterocycles. The van der Waals surface area contributed by atoms with E-state index in [1.807, 2.05) is 27.7 Å². The van der Waals surface area contributed by atoms with Crippen LogP contribution in [0.5, 0.6) is 0 Å². The summed E-state index contributed by atoms with van der Waals surface area (Å²) in [5.74, 6) is 0. The molecule has 1 nitrogen and oxygen atoms in total. The van der Waals surface area contributed by atoms with E-state index in [0.29, 0.717) is 5.41 Å². The van der Waals surface area contributed by atoms with E-state index >= 15 is 0 Å². The minimum absolute atomic E-state index is 0.435. The zero-order valence-corrected chi connectivity index (χ0v) is 16.4. The average molecular weight is 309 g/mol. The molecular weight excluding hydrogens is 268 g/mol. The highest BCUT2D eigenvalue weighted by Gasteiger charge is 2.27. The smallest absolute Gasteiger partial charge is 0.116 e. The highest BCUT2D eigenvalue weighted by atomic mass is 16.1. The molecule has 0 radical (unpaired) electrons. The van der Waals surface area contributed by atoms with Gasteiger partial charge >= 0.3 is 0 Å². The number of rotatable bonds is 6. The number of carbonyl (C=O) groups excluding carboxylic acids is 1. The van der Waals surface area contributed by atoms with E-state index in [2.05, 4.69) is 51.1 Å². The number of hydrogen-bond acceptors (Lipinski definition) is 1. The van der Waals surface area contributed by atoms with Crippen molar-refractivity contribution in [3.05, 3.63) is 35.9 Å². The monoisotopic (exact) mass is 308 g/mol. The largest absolute Gasteiger partial charge is 0.304 e. The molecule has 22 heavy (non-hydrogen) atoms. The van der Waals surface area contributed by atoms with Crippen molar-refractivity contribution < 1.29 is 4.79 Å². The molecule has 0 unspecified atom stereocenters. The molecule has 0 fully saturated rings. The Balaban J connectivity index is -0.000000446. The first-order valence-electron chi connectivity index (χ1n) is 9.16. The zero-order valence-electron chi connectivity index (χ0n) is 16.4. The molecule has 0 bridgehead atoms. The van der Waals surface area contributed by atoms with E-state index in [9.17, 15) is 0 Å². The van der Waals surface area contributed by atoms with E-state index < -0.39 is 0 Å². The number of benzene rings is 1. The van der Waals surface area contributed by atoms with Crippen LogP contribution in [0, 0.1) is 0 Å². The first-order chi connectivity index (χ1) is 10.7. The van der Waals surface area contributed by atoms with E-state index in [0.717, 1.165) is 6.29 Å². The molecular formula is C21H40O. The summed E-state index contributed by atoms with van der Waals surface area (Å²) in [6, 6.07) is 11.1. The summed E-state index contributed by atoms with van der Waals surface area (Å²) < 4.78 is 0. The molecule has 1 aromatic rings. The lowest BCUT2D eigenvalue weighted by atomic mass is 9.71. The molecule has 1 aromatic carbocycles. The summed E-state index contributed by atoms with van der Waals surface area (Å²) in [6.45, 7) is 16.4. The van der Waals surface area contributed by atoms with Gasteiger partial charge in [-0.1, -0.05) is 91.6 Å². The standard InChI is InChI=1S/C15H24.C2H4O.2C2H6/c1-4-12-15(6-3,13-5-2)14-10-8-7-9-11-14;1-2-3;2*1-2/h7-11H,4-6,12-13H2,1-3H3;2H,1H3;2*1-2H3. The Kier molecular flexibility index (Phi) is 23.3. The Morgan fingerprint density at radius 1 is 0.864 bits per heavy atom. The van der Waals surface area contributed by atoms with E-state index in [4.69, 9.17) is 4.79 Å². The predicted octanol–water partition coefficient (Wildman–Crippen LogP) is 7.19. The van der Waals surface area contributed by atoms with Gasteiger partial charge in [0, 0.05) is 0 Å². The molecule has 0 saturated carbocycles. The minimum atomic E-state index is 0.435. The lowest BCUT2D eigenvalue weighted by molar-refractivity contribution is -0.106. The summed E-state index contributed by atoms with van der Waals surface area (Å²) in [6.07, 6.45) is 7.22. The van der Waals surface area contributed by atoms with Crippen LogP contribution in [0.1, 0.15) is 93.1 Å². The van der Waals surface area contributed by atoms with Gasteiger partial charge in [0.05, 0.1) is 0 Å². The maximum atomic E-state index is 8.81. The summed E-state index contributed by atoms with van der Waals surface area (Å²) >= 11 is 0. The molecule has 1 rings (SSSR count). The van der Waals surface area contributed by atoms with Crippen molar-refractivity contribution in [2.24, 2.45) is 0 Å². The van der Waals surface area contributed by atoms with Crippen LogP contribution in [0.15, 0.2) is 30.3 Å². The van der Waals surface area contributed by atoms with Gasteiger partial charge in [0.15, 0.2) is 0 Å². The molecule has 1 heteroatoms. The predicted molar refractivity (Wildman–Crippen MR) is 103 cm³/mol. The minimum Gasteiger partial charge on any atom is -0.304 e. The summed E-state index contributed by atoms with van der Waals surface area (Å²) in [7, 11) is 0. The van der Waals surface area contributed by atoms with Crippen LogP contribution in [-0.2, 0) is 10.2 Å². The van der Waals surface area contributed by atoms with Gasteiger partial charge in [0.25, 0.3) is 0 Å². The van der Waals surface area contributed by atoms with Crippen LogP contribution in [0.25, 0.3) is 0 Å². The Morgan fingerprint density at radius 3 is 1.50 bits per heavy atom. The van der Waals surface area contributed by atoms with Gasteiger partial charge in [-0.3, -0.25) is 0 Å². The van der Waals surface area contributed by atoms with Gasteiger partial charge in [0.2, 0.25) is 0 Å². The quantitative estimate of drug-likeness (QED) is 0.508. The van der Waals surface area contributed by atoms with Crippen LogP contribution < -0.4 is 0 Å². The molecule has 0 spiro atoms. The number of aldehydes is 1. The van der Waals surface area contributed by atoms with Crippen molar-refractivity contribution in [3.63, 3.8) is 0 Å². The van der Waals surface area contributed by atoms with Crippen molar-refractivity contribution in [2.75, 3.05) is 0 Å². The normalized spacial score (nSPS) is 9.09. The molecule has 0 N–H and O–H groups in total. The van der Waals surface area contributed by atoms with Gasteiger partial charge in [-0.25, -0.2) is 0 Å². The maximum Gasteiger partial charge on any atom is 0.116 e. The maximum absolute atomic E-state index is 8.81. The zero-order chi connectivity index (χ0) is 17.9. The van der Waals surface area contributed by atoms with Crippen LogP contribution in [0.2, 0.25) is 0 Å². The third kappa shape index (κ3) is 10.6. The van der Waals surface area contributed by atoms with Crippen molar-refractivity contribution in [1.29, 1.82) is 0 Å². The van der Waals surface area contributed by atoms with Gasteiger partial charge < -0.3 is 4.79 Å². The van der Waals surface area contributed by atoms with Crippen LogP contribution in [0.3, 0.4) is 0 Å². The molecule has 0 saturated heterocycles. The Hall–Kier alpha value is -1.11. The van der Waals surface area contributed by atoms with Gasteiger partial charge in [-0.05, 0) is 37.2 Å². The second-order valence-electron chi connectivity index (χ2n) is 4.74. The molecule has 0 heterocycles. The van der Waals surface area contributed by atoms with Crippen LogP contribution in [0.4, 0.5) is 0 Å². The summed E-state index contributed by atoms with van der Waals surface area (Å²) in [4.78, 5) is 8.81. The Labute approximate surface area is 140 Å². The lowest BCUT2D eigenvalue weighted by Gasteiger charge is -2.33. The van der Waals surface area contributed by atoms with Crippen LogP contribution in [-0.4, -0.2) is 6.29 Å². The van der Waals surface area contributed by atoms with Gasteiger partial charge in [0.1, 0.15) is 6.29 Å². The van der Waals surface area contributed by atoms with Crippen molar-refractivity contribution in [3.8, 4) is 0 Å². The second kappa shape index (κ2) is 19.9. The highest BCUT2D eigenvalue weighted by molar-refractivity contribution is 5.44. The van der Waals surface area contributed by atoms with Crippen molar-refractivity contribution in [1.82, 2.24) is 0 Å². The van der Waals surface area contributed by atoms with E-state index in [1.54, 1.807) is 0 Å². The Bertz CT molecular complexity index is 297. The molecule has 0 aliphatic rings. The third-order valence-electron chi connectivity index (χ3n) is 3.52. The highest BCUT2D eigenvalue weighted by Crippen LogP contribution is 2.37. The fourth-order valence-corrected chi connectivity index (χ4v) is 2.72. The summed E-state index contributed by atoms with van der Waals surface area (Å²) in [5.41, 5.74) is 1.97. The van der Waals surface area contributed by atoms with E-state index in [-0.39, 0.29) is 0 Å². The molecule has 0 aliphatic carbocycles. The lowest BCUT2D eigenvalue weighted by Crippen LogP contribution is -2.24. The fourth-order valence-electron chi connectivity index (χ4n) is 2.72. The summed E-state index contributed by atoms with van der Waals surface area (Å²) in [5, 5.41) is 0. The number of hydrogen-bond donors (Lipinski definition) is 0. The molecule has 0 atom stereocenters. The molecule has 0 amide bonds. The first kappa shape index (κ1) is 25.8. The van der Waals surface area contributed by atoms with E-state index in [1.165, 1.54) is 44.6 Å². The SMILES string of the molecule is CC.CC.CC=O.CCCC(CC)(CCC)c1ccccc1. The van der Waals surface area contributed by atoms with Crippen molar-refractivity contribution in [2.45, 2.75) is 92.9 Å².